The van der Waals surface area contributed by atoms with Crippen LogP contribution in [-0.2, 0) is 11.5 Å². The Morgan fingerprint density at radius 1 is 0.929 bits per heavy atom. The third kappa shape index (κ3) is 3.44. The lowest BCUT2D eigenvalue weighted by Crippen LogP contribution is -1.94. The van der Waals surface area contributed by atoms with Crippen molar-refractivity contribution in [2.45, 2.75) is 11.5 Å². The summed E-state index contributed by atoms with van der Waals surface area (Å²) in [6.45, 7) is 0. The zero-order valence-electron chi connectivity index (χ0n) is 14.8. The number of rotatable bonds is 6. The van der Waals surface area contributed by atoms with Gasteiger partial charge in [0, 0.05) is 11.3 Å². The smallest absolute Gasteiger partial charge is 0.235 e. The van der Waals surface area contributed by atoms with Gasteiger partial charge in [0.2, 0.25) is 4.96 Å². The molecular weight excluding hydrogens is 388 g/mol. The lowest BCUT2D eigenvalue weighted by molar-refractivity contribution is 0.885. The Hall–Kier alpha value is -2.97. The summed E-state index contributed by atoms with van der Waals surface area (Å²) < 4.78 is 1.83. The molecule has 28 heavy (non-hydrogen) atoms. The van der Waals surface area contributed by atoms with Crippen LogP contribution in [0.3, 0.4) is 0 Å². The highest BCUT2D eigenvalue weighted by molar-refractivity contribution is 7.97. The highest BCUT2D eigenvalue weighted by Gasteiger charge is 2.15. The molecule has 0 saturated heterocycles. The standard InChI is InChI=1S/C20H16N6S2/c1-3-7-14(8-4-1)12-27-13-18-23-24-20-26(18)25-19(28-20)17-11-16(21-22-17)15-9-5-2-6-10-15/h1-11H,12-13H2,(H,21,22). The maximum atomic E-state index is 4.70. The maximum absolute atomic E-state index is 4.70. The van der Waals surface area contributed by atoms with Crippen LogP contribution in [0.25, 0.3) is 26.9 Å². The van der Waals surface area contributed by atoms with E-state index in [0.717, 1.165) is 44.2 Å². The van der Waals surface area contributed by atoms with Crippen molar-refractivity contribution in [1.82, 2.24) is 30.0 Å². The summed E-state index contributed by atoms with van der Waals surface area (Å²) in [7, 11) is 0. The summed E-state index contributed by atoms with van der Waals surface area (Å²) in [5.41, 5.74) is 4.17. The van der Waals surface area contributed by atoms with E-state index in [9.17, 15) is 0 Å². The van der Waals surface area contributed by atoms with Gasteiger partial charge in [-0.15, -0.1) is 22.0 Å². The molecule has 5 aromatic rings. The largest absolute Gasteiger partial charge is 0.275 e. The first-order valence-corrected chi connectivity index (χ1v) is 10.8. The van der Waals surface area contributed by atoms with Crippen LogP contribution in [0.1, 0.15) is 11.4 Å². The second kappa shape index (κ2) is 7.57. The second-order valence-corrected chi connectivity index (χ2v) is 8.17. The molecule has 0 unspecified atom stereocenters. The monoisotopic (exact) mass is 404 g/mol. The predicted octanol–water partition coefficient (Wildman–Crippen LogP) is 4.68. The van der Waals surface area contributed by atoms with E-state index in [2.05, 4.69) is 44.7 Å². The summed E-state index contributed by atoms with van der Waals surface area (Å²) in [5, 5.41) is 21.6. The molecule has 0 atom stereocenters. The van der Waals surface area contributed by atoms with Gasteiger partial charge >= 0.3 is 0 Å². The Labute approximate surface area is 169 Å². The predicted molar refractivity (Wildman–Crippen MR) is 113 cm³/mol. The van der Waals surface area contributed by atoms with Crippen LogP contribution in [0, 0.1) is 0 Å². The van der Waals surface area contributed by atoms with Crippen molar-refractivity contribution in [3.05, 3.63) is 78.1 Å². The SMILES string of the molecule is c1ccc(CSCc2nnc3sc(-c4cc(-c5ccccc5)n[nH]4)nn23)cc1. The number of benzene rings is 2. The third-order valence-corrected chi connectivity index (χ3v) is 6.21. The van der Waals surface area contributed by atoms with Gasteiger partial charge in [-0.1, -0.05) is 72.0 Å². The Morgan fingerprint density at radius 2 is 1.71 bits per heavy atom. The Morgan fingerprint density at radius 3 is 2.54 bits per heavy atom. The van der Waals surface area contributed by atoms with E-state index < -0.39 is 0 Å². The van der Waals surface area contributed by atoms with Crippen molar-refractivity contribution < 1.29 is 0 Å². The molecule has 0 saturated carbocycles. The van der Waals surface area contributed by atoms with Crippen molar-refractivity contribution in [1.29, 1.82) is 0 Å². The number of thioether (sulfide) groups is 1. The van der Waals surface area contributed by atoms with E-state index in [1.165, 1.54) is 16.9 Å². The topological polar surface area (TPSA) is 71.8 Å². The van der Waals surface area contributed by atoms with Crippen molar-refractivity contribution in [3.63, 3.8) is 0 Å². The first-order chi connectivity index (χ1) is 13.9. The number of hydrogen-bond acceptors (Lipinski definition) is 6. The van der Waals surface area contributed by atoms with E-state index in [-0.39, 0.29) is 0 Å². The van der Waals surface area contributed by atoms with Crippen molar-refractivity contribution in [3.8, 4) is 22.0 Å². The molecule has 0 radical (unpaired) electrons. The number of nitrogens with one attached hydrogen (secondary N) is 1. The number of H-pyrrole nitrogens is 1. The summed E-state index contributed by atoms with van der Waals surface area (Å²) in [4.78, 5) is 0.793. The minimum atomic E-state index is 0.761. The fourth-order valence-electron chi connectivity index (χ4n) is 2.88. The first-order valence-electron chi connectivity index (χ1n) is 8.81. The molecule has 0 spiro atoms. The molecule has 0 aliphatic rings. The maximum Gasteiger partial charge on any atom is 0.235 e. The van der Waals surface area contributed by atoms with Crippen molar-refractivity contribution >= 4 is 28.1 Å². The molecule has 2 aromatic carbocycles. The molecule has 0 amide bonds. The lowest BCUT2D eigenvalue weighted by atomic mass is 10.1. The van der Waals surface area contributed by atoms with E-state index in [1.807, 2.05) is 47.0 Å². The zero-order valence-corrected chi connectivity index (χ0v) is 16.5. The summed E-state index contributed by atoms with van der Waals surface area (Å²) in [5.74, 6) is 2.56. The van der Waals surface area contributed by atoms with Gasteiger partial charge in [0.05, 0.1) is 17.1 Å². The number of fused-ring (bicyclic) bond motifs is 1. The van der Waals surface area contributed by atoms with Crippen LogP contribution in [0.5, 0.6) is 0 Å². The average Bonchev–Trinajstić information content (AvgIpc) is 3.46. The van der Waals surface area contributed by atoms with E-state index in [4.69, 9.17) is 5.10 Å². The Balaban J connectivity index is 1.34. The van der Waals surface area contributed by atoms with Gasteiger partial charge in [-0.3, -0.25) is 5.10 Å². The molecule has 3 heterocycles. The quantitative estimate of drug-likeness (QED) is 0.445. The van der Waals surface area contributed by atoms with Crippen LogP contribution >= 0.6 is 23.1 Å². The van der Waals surface area contributed by atoms with Crippen LogP contribution in [0.4, 0.5) is 0 Å². The summed E-state index contributed by atoms with van der Waals surface area (Å²) in [6, 6.07) is 22.5. The van der Waals surface area contributed by atoms with Crippen LogP contribution in [0.2, 0.25) is 0 Å². The molecule has 5 rings (SSSR count). The Kier molecular flexibility index (Phi) is 4.64. The molecule has 0 bridgehead atoms. The van der Waals surface area contributed by atoms with Crippen LogP contribution < -0.4 is 0 Å². The summed E-state index contributed by atoms with van der Waals surface area (Å²) >= 11 is 3.31. The zero-order chi connectivity index (χ0) is 18.8. The molecule has 8 heteroatoms. The highest BCUT2D eigenvalue weighted by atomic mass is 32.2. The molecule has 3 aromatic heterocycles. The normalized spacial score (nSPS) is 11.3. The van der Waals surface area contributed by atoms with Crippen molar-refractivity contribution in [2.24, 2.45) is 0 Å². The molecule has 0 aliphatic carbocycles. The molecular formula is C20H16N6S2. The fraction of sp³-hybridized carbons (Fsp3) is 0.100. The van der Waals surface area contributed by atoms with Gasteiger partial charge in [0.15, 0.2) is 10.8 Å². The van der Waals surface area contributed by atoms with Gasteiger partial charge in [-0.25, -0.2) is 0 Å². The lowest BCUT2D eigenvalue weighted by Gasteiger charge is -1.99. The minimum Gasteiger partial charge on any atom is -0.275 e. The van der Waals surface area contributed by atoms with E-state index in [1.54, 1.807) is 11.8 Å². The molecule has 1 N–H and O–H groups in total. The molecule has 0 aliphatic heterocycles. The highest BCUT2D eigenvalue weighted by Crippen LogP contribution is 2.28. The summed E-state index contributed by atoms with van der Waals surface area (Å²) in [6.07, 6.45) is 0. The van der Waals surface area contributed by atoms with Crippen molar-refractivity contribution in [2.75, 3.05) is 0 Å². The molecule has 0 fully saturated rings. The third-order valence-electron chi connectivity index (χ3n) is 4.28. The number of nitrogens with zero attached hydrogens (tertiary/aromatic N) is 5. The number of hydrogen-bond donors (Lipinski definition) is 1. The van der Waals surface area contributed by atoms with Gasteiger partial charge in [-0.2, -0.15) is 14.7 Å². The number of aromatic amines is 1. The van der Waals surface area contributed by atoms with E-state index in [0.29, 0.717) is 0 Å². The van der Waals surface area contributed by atoms with Gasteiger partial charge < -0.3 is 0 Å². The molecule has 138 valence electrons. The molecule has 6 nitrogen and oxygen atoms in total. The van der Waals surface area contributed by atoms with Gasteiger partial charge in [-0.05, 0) is 11.6 Å². The average molecular weight is 405 g/mol. The minimum absolute atomic E-state index is 0.761. The van der Waals surface area contributed by atoms with Crippen LogP contribution in [-0.4, -0.2) is 30.0 Å². The first kappa shape index (κ1) is 17.2. The van der Waals surface area contributed by atoms with Gasteiger partial charge in [0.25, 0.3) is 0 Å². The second-order valence-electron chi connectivity index (χ2n) is 6.23. The van der Waals surface area contributed by atoms with Crippen LogP contribution in [0.15, 0.2) is 66.7 Å². The van der Waals surface area contributed by atoms with Gasteiger partial charge in [0.1, 0.15) is 0 Å². The Bertz CT molecular complexity index is 1190. The number of aromatic nitrogens is 6. The fourth-order valence-corrected chi connectivity index (χ4v) is 4.60. The van der Waals surface area contributed by atoms with E-state index >= 15 is 0 Å².